The fourth-order valence-corrected chi connectivity index (χ4v) is 4.72. The van der Waals surface area contributed by atoms with Gasteiger partial charge in [0.05, 0.1) is 23.1 Å². The quantitative estimate of drug-likeness (QED) is 0.221. The summed E-state index contributed by atoms with van der Waals surface area (Å²) in [4.78, 5) is 9.83. The van der Waals surface area contributed by atoms with E-state index in [0.717, 1.165) is 37.9 Å². The molecule has 2 aromatic heterocycles. The van der Waals surface area contributed by atoms with Gasteiger partial charge in [-0.15, -0.1) is 0 Å². The van der Waals surface area contributed by atoms with E-state index in [1.54, 1.807) is 13.1 Å². The van der Waals surface area contributed by atoms with E-state index in [9.17, 15) is 0 Å². The number of allylic oxidation sites excluding steroid dienone is 2. The van der Waals surface area contributed by atoms with Crippen LogP contribution in [-0.2, 0) is 12.1 Å². The molecular weight excluding hydrogens is 517 g/mol. The smallest absolute Gasteiger partial charge is 0.160 e. The number of para-hydroxylation sites is 1. The van der Waals surface area contributed by atoms with Crippen LogP contribution >= 0.6 is 15.9 Å². The lowest BCUT2D eigenvalue weighted by atomic mass is 9.88. The second-order valence-corrected chi connectivity index (χ2v) is 9.81. The number of aryl methyl sites for hydroxylation is 1. The Balaban J connectivity index is 1.62. The summed E-state index contributed by atoms with van der Waals surface area (Å²) in [5, 5.41) is 11.6. The lowest BCUT2D eigenvalue weighted by molar-refractivity contribution is 0.200. The average Bonchev–Trinajstić information content (AvgIpc) is 3.41. The number of nitrogens with zero attached hydrogens (tertiary/aromatic N) is 4. The van der Waals surface area contributed by atoms with Crippen LogP contribution in [0.2, 0.25) is 0 Å². The summed E-state index contributed by atoms with van der Waals surface area (Å²) in [5.74, 6) is 0.604. The van der Waals surface area contributed by atoms with E-state index >= 15 is 4.39 Å². The number of nitrogens with one attached hydrogen (secondary N) is 1. The molecule has 1 N–H and O–H groups in total. The van der Waals surface area contributed by atoms with Crippen LogP contribution in [0, 0.1) is 0 Å². The maximum Gasteiger partial charge on any atom is 0.160 e. The van der Waals surface area contributed by atoms with Crippen molar-refractivity contribution in [1.29, 1.82) is 0 Å². The Morgan fingerprint density at radius 2 is 1.81 bits per heavy atom. The van der Waals surface area contributed by atoms with Gasteiger partial charge in [0.2, 0.25) is 0 Å². The van der Waals surface area contributed by atoms with Gasteiger partial charge in [0, 0.05) is 21.8 Å². The van der Waals surface area contributed by atoms with Crippen molar-refractivity contribution in [3.05, 3.63) is 113 Å². The molecule has 5 aromatic rings. The van der Waals surface area contributed by atoms with Gasteiger partial charge in [-0.05, 0) is 49.1 Å². The summed E-state index contributed by atoms with van der Waals surface area (Å²) in [6.45, 7) is 1.63. The van der Waals surface area contributed by atoms with E-state index < -0.39 is 5.67 Å². The zero-order chi connectivity index (χ0) is 25.0. The minimum atomic E-state index is -1.58. The molecule has 0 saturated heterocycles. The van der Waals surface area contributed by atoms with Crippen molar-refractivity contribution in [2.24, 2.45) is 0 Å². The monoisotopic (exact) mass is 541 g/mol. The van der Waals surface area contributed by atoms with Crippen LogP contribution in [0.15, 0.2) is 95.6 Å². The van der Waals surface area contributed by atoms with Crippen LogP contribution in [-0.4, -0.2) is 25.4 Å². The first-order valence-electron chi connectivity index (χ1n) is 11.8. The molecule has 7 heteroatoms. The summed E-state index contributed by atoms with van der Waals surface area (Å²) in [5.41, 5.74) is 3.21. The number of rotatable bonds is 8. The Kier molecular flexibility index (Phi) is 7.00. The summed E-state index contributed by atoms with van der Waals surface area (Å²) in [6, 6.07) is 25.1. The summed E-state index contributed by atoms with van der Waals surface area (Å²) in [7, 11) is 0. The van der Waals surface area contributed by atoms with Crippen LogP contribution in [0.5, 0.6) is 0 Å². The number of fused-ring (bicyclic) bond motifs is 1. The molecule has 2 heterocycles. The minimum Gasteiger partial charge on any atom is -0.239 e. The molecular formula is C29H25BrFN5. The molecule has 0 fully saturated rings. The standard InChI is InChI=1S/C29H25BrFN5/c1-29(31,22-11-3-2-4-12-22)18-21(10-8-14-24-19-32-36-35-24)27-25-15-5-6-16-26(25)33-28(34-27)20-9-7-13-23(30)17-20/h2-7,9-13,15-17,19H,8,14,18H2,1H3,(H,32,35,36)/b21-10-. The van der Waals surface area contributed by atoms with E-state index in [2.05, 4.69) is 37.4 Å². The third kappa shape index (κ3) is 5.41. The predicted octanol–water partition coefficient (Wildman–Crippen LogP) is 7.47. The molecule has 1 atom stereocenters. The van der Waals surface area contributed by atoms with Crippen molar-refractivity contribution in [2.45, 2.75) is 31.9 Å². The molecule has 5 nitrogen and oxygen atoms in total. The predicted molar refractivity (Wildman–Crippen MR) is 145 cm³/mol. The fourth-order valence-electron chi connectivity index (χ4n) is 4.32. The molecule has 180 valence electrons. The molecule has 0 amide bonds. The zero-order valence-corrected chi connectivity index (χ0v) is 21.4. The molecule has 0 aliphatic rings. The lowest BCUT2D eigenvalue weighted by Gasteiger charge is -2.23. The average molecular weight is 542 g/mol. The van der Waals surface area contributed by atoms with Crippen molar-refractivity contribution in [3.8, 4) is 11.4 Å². The number of aromatic nitrogens is 5. The van der Waals surface area contributed by atoms with Gasteiger partial charge in [0.25, 0.3) is 0 Å². The number of aromatic amines is 1. The second kappa shape index (κ2) is 10.5. The molecule has 0 aliphatic carbocycles. The third-order valence-corrected chi connectivity index (χ3v) is 6.64. The van der Waals surface area contributed by atoms with Crippen molar-refractivity contribution in [1.82, 2.24) is 25.4 Å². The van der Waals surface area contributed by atoms with Crippen LogP contribution in [0.4, 0.5) is 4.39 Å². The van der Waals surface area contributed by atoms with E-state index in [1.807, 2.05) is 78.9 Å². The Bertz CT molecular complexity index is 1500. The summed E-state index contributed by atoms with van der Waals surface area (Å²) < 4.78 is 17.2. The van der Waals surface area contributed by atoms with Gasteiger partial charge < -0.3 is 0 Å². The number of H-pyrrole nitrogens is 1. The van der Waals surface area contributed by atoms with Crippen LogP contribution < -0.4 is 0 Å². The zero-order valence-electron chi connectivity index (χ0n) is 19.8. The van der Waals surface area contributed by atoms with Gasteiger partial charge in [-0.2, -0.15) is 15.4 Å². The molecule has 0 bridgehead atoms. The molecule has 0 aliphatic heterocycles. The van der Waals surface area contributed by atoms with Gasteiger partial charge in [-0.1, -0.05) is 82.7 Å². The van der Waals surface area contributed by atoms with Gasteiger partial charge in [-0.3, -0.25) is 0 Å². The fraction of sp³-hybridized carbons (Fsp3) is 0.172. The Morgan fingerprint density at radius 1 is 1.00 bits per heavy atom. The van der Waals surface area contributed by atoms with E-state index in [1.165, 1.54) is 0 Å². The molecule has 36 heavy (non-hydrogen) atoms. The third-order valence-electron chi connectivity index (χ3n) is 6.14. The van der Waals surface area contributed by atoms with Crippen molar-refractivity contribution < 1.29 is 4.39 Å². The molecule has 0 radical (unpaired) electrons. The summed E-state index contributed by atoms with van der Waals surface area (Å²) in [6.07, 6.45) is 5.33. The molecule has 0 saturated carbocycles. The maximum absolute atomic E-state index is 16.2. The van der Waals surface area contributed by atoms with Gasteiger partial charge in [0.1, 0.15) is 5.67 Å². The van der Waals surface area contributed by atoms with Gasteiger partial charge >= 0.3 is 0 Å². The Labute approximate surface area is 217 Å². The SMILES string of the molecule is CC(F)(C/C(=C/CCc1cn[nH]n1)c1nc(-c2cccc(Br)c2)nc2ccccc12)c1ccccc1. The molecule has 0 spiro atoms. The van der Waals surface area contributed by atoms with Crippen LogP contribution in [0.3, 0.4) is 0 Å². The van der Waals surface area contributed by atoms with Crippen LogP contribution in [0.1, 0.15) is 36.7 Å². The first kappa shape index (κ1) is 24.0. The number of benzene rings is 3. The molecule has 5 rings (SSSR count). The first-order chi connectivity index (χ1) is 17.5. The minimum absolute atomic E-state index is 0.175. The number of alkyl halides is 1. The van der Waals surface area contributed by atoms with Crippen molar-refractivity contribution in [3.63, 3.8) is 0 Å². The number of hydrogen-bond donors (Lipinski definition) is 1. The second-order valence-electron chi connectivity index (χ2n) is 8.89. The number of halogens is 2. The molecule has 3 aromatic carbocycles. The van der Waals surface area contributed by atoms with Gasteiger partial charge in [-0.25, -0.2) is 14.4 Å². The van der Waals surface area contributed by atoms with Crippen molar-refractivity contribution >= 4 is 32.4 Å². The highest BCUT2D eigenvalue weighted by Gasteiger charge is 2.29. The van der Waals surface area contributed by atoms with Gasteiger partial charge in [0.15, 0.2) is 5.82 Å². The number of hydrogen-bond acceptors (Lipinski definition) is 4. The van der Waals surface area contributed by atoms with Crippen molar-refractivity contribution in [2.75, 3.05) is 0 Å². The Hall–Kier alpha value is -3.71. The first-order valence-corrected chi connectivity index (χ1v) is 12.6. The lowest BCUT2D eigenvalue weighted by Crippen LogP contribution is -2.16. The topological polar surface area (TPSA) is 67.3 Å². The Morgan fingerprint density at radius 3 is 2.58 bits per heavy atom. The highest BCUT2D eigenvalue weighted by atomic mass is 79.9. The summed E-state index contributed by atoms with van der Waals surface area (Å²) >= 11 is 3.55. The molecule has 1 unspecified atom stereocenters. The highest BCUT2D eigenvalue weighted by molar-refractivity contribution is 9.10. The largest absolute Gasteiger partial charge is 0.239 e. The normalized spacial score (nSPS) is 13.6. The van der Waals surface area contributed by atoms with E-state index in [0.29, 0.717) is 24.2 Å². The van der Waals surface area contributed by atoms with Crippen LogP contribution in [0.25, 0.3) is 27.9 Å². The highest BCUT2D eigenvalue weighted by Crippen LogP contribution is 2.38. The maximum atomic E-state index is 16.2. The van der Waals surface area contributed by atoms with E-state index in [4.69, 9.17) is 9.97 Å². The van der Waals surface area contributed by atoms with E-state index in [-0.39, 0.29) is 6.42 Å².